The molecule has 2 aromatic carbocycles. The largest absolute Gasteiger partial charge is 0.288 e. The Morgan fingerprint density at radius 2 is 1.59 bits per heavy atom. The third-order valence-electron chi connectivity index (χ3n) is 3.90. The number of aryl methyl sites for hydroxylation is 1. The zero-order chi connectivity index (χ0) is 20.9. The van der Waals surface area contributed by atoms with Gasteiger partial charge in [-0.3, -0.25) is 30.1 Å². The Morgan fingerprint density at radius 3 is 2.28 bits per heavy atom. The van der Waals surface area contributed by atoms with Crippen molar-refractivity contribution >= 4 is 27.5 Å². The molecule has 0 aliphatic carbocycles. The van der Waals surface area contributed by atoms with Crippen LogP contribution in [0.4, 0.5) is 5.69 Å². The van der Waals surface area contributed by atoms with Gasteiger partial charge in [0.25, 0.3) is 21.8 Å². The van der Waals surface area contributed by atoms with Crippen LogP contribution in [0.5, 0.6) is 0 Å². The number of aromatic nitrogens is 1. The van der Waals surface area contributed by atoms with E-state index in [1.165, 1.54) is 48.7 Å². The number of benzene rings is 2. The smallest absolute Gasteiger partial charge is 0.280 e. The number of rotatable bonds is 5. The highest BCUT2D eigenvalue weighted by Crippen LogP contribution is 2.17. The highest BCUT2D eigenvalue weighted by molar-refractivity contribution is 7.92. The van der Waals surface area contributed by atoms with Gasteiger partial charge in [-0.25, -0.2) is 8.42 Å². The first-order valence-electron chi connectivity index (χ1n) is 8.56. The van der Waals surface area contributed by atoms with E-state index in [9.17, 15) is 18.0 Å². The highest BCUT2D eigenvalue weighted by Gasteiger charge is 2.15. The van der Waals surface area contributed by atoms with Crippen molar-refractivity contribution in [3.63, 3.8) is 0 Å². The van der Waals surface area contributed by atoms with Gasteiger partial charge in [0.05, 0.1) is 4.90 Å². The van der Waals surface area contributed by atoms with Crippen molar-refractivity contribution < 1.29 is 18.0 Å². The number of anilines is 1. The summed E-state index contributed by atoms with van der Waals surface area (Å²) in [4.78, 5) is 28.2. The molecule has 0 radical (unpaired) electrons. The molecule has 3 rings (SSSR count). The normalized spacial score (nSPS) is 10.8. The van der Waals surface area contributed by atoms with E-state index in [2.05, 4.69) is 20.6 Å². The number of nitrogens with one attached hydrogen (secondary N) is 3. The van der Waals surface area contributed by atoms with Gasteiger partial charge in [0.1, 0.15) is 5.69 Å². The van der Waals surface area contributed by atoms with E-state index < -0.39 is 21.8 Å². The van der Waals surface area contributed by atoms with Crippen LogP contribution >= 0.6 is 0 Å². The average molecular weight is 410 g/mol. The Labute approximate surface area is 168 Å². The van der Waals surface area contributed by atoms with E-state index in [0.717, 1.165) is 5.56 Å². The Hall–Kier alpha value is -3.72. The number of nitrogens with zero attached hydrogens (tertiary/aromatic N) is 1. The van der Waals surface area contributed by atoms with E-state index in [-0.39, 0.29) is 21.8 Å². The monoisotopic (exact) mass is 410 g/mol. The maximum absolute atomic E-state index is 12.5. The van der Waals surface area contributed by atoms with Gasteiger partial charge in [-0.2, -0.15) is 0 Å². The number of hydrogen-bond acceptors (Lipinski definition) is 5. The van der Waals surface area contributed by atoms with Crippen LogP contribution in [0, 0.1) is 6.92 Å². The summed E-state index contributed by atoms with van der Waals surface area (Å²) in [7, 11) is -3.79. The summed E-state index contributed by atoms with van der Waals surface area (Å²) in [6.07, 6.45) is 1.46. The minimum Gasteiger partial charge on any atom is -0.280 e. The Morgan fingerprint density at radius 1 is 0.862 bits per heavy atom. The molecule has 0 unspecified atom stereocenters. The maximum atomic E-state index is 12.5. The summed E-state index contributed by atoms with van der Waals surface area (Å²) in [6.45, 7) is 1.86. The molecule has 29 heavy (non-hydrogen) atoms. The van der Waals surface area contributed by atoms with Gasteiger partial charge in [0, 0.05) is 17.4 Å². The van der Waals surface area contributed by atoms with Crippen molar-refractivity contribution in [2.24, 2.45) is 0 Å². The highest BCUT2D eigenvalue weighted by atomic mass is 32.2. The molecular weight excluding hydrogens is 392 g/mol. The van der Waals surface area contributed by atoms with Crippen molar-refractivity contribution in [1.29, 1.82) is 0 Å². The fourth-order valence-electron chi connectivity index (χ4n) is 2.40. The molecule has 2 amide bonds. The van der Waals surface area contributed by atoms with Crippen LogP contribution in [-0.4, -0.2) is 25.2 Å². The van der Waals surface area contributed by atoms with Crippen LogP contribution in [-0.2, 0) is 10.0 Å². The molecule has 8 nitrogen and oxygen atoms in total. The van der Waals surface area contributed by atoms with Crippen molar-refractivity contribution in [2.45, 2.75) is 11.8 Å². The summed E-state index contributed by atoms with van der Waals surface area (Å²) >= 11 is 0. The lowest BCUT2D eigenvalue weighted by molar-refractivity contribution is 0.0844. The standard InChI is InChI=1S/C20H18N4O4S/c1-14-8-10-17(11-9-14)29(27,28)24-16-6-4-5-15(13-16)19(25)22-23-20(26)18-7-2-3-12-21-18/h2-13,24H,1H3,(H,22,25)(H,23,26). The number of sulfonamides is 1. The lowest BCUT2D eigenvalue weighted by Gasteiger charge is -2.10. The second-order valence-electron chi connectivity index (χ2n) is 6.12. The Balaban J connectivity index is 1.68. The van der Waals surface area contributed by atoms with Crippen LogP contribution < -0.4 is 15.6 Å². The van der Waals surface area contributed by atoms with Crippen LogP contribution in [0.2, 0.25) is 0 Å². The topological polar surface area (TPSA) is 117 Å². The molecule has 0 bridgehead atoms. The summed E-state index contributed by atoms with van der Waals surface area (Å²) in [5, 5.41) is 0. The molecule has 0 fully saturated rings. The molecule has 0 spiro atoms. The first-order chi connectivity index (χ1) is 13.8. The van der Waals surface area contributed by atoms with E-state index in [1.807, 2.05) is 6.92 Å². The third-order valence-corrected chi connectivity index (χ3v) is 5.29. The molecule has 0 aliphatic heterocycles. The summed E-state index contributed by atoms with van der Waals surface area (Å²) in [5.41, 5.74) is 5.99. The first kappa shape index (κ1) is 20.0. The molecule has 0 aliphatic rings. The molecule has 0 saturated heterocycles. The molecule has 3 N–H and O–H groups in total. The minimum absolute atomic E-state index is 0.112. The minimum atomic E-state index is -3.79. The molecular formula is C20H18N4O4S. The van der Waals surface area contributed by atoms with Crippen LogP contribution in [0.1, 0.15) is 26.4 Å². The number of hydrogen-bond donors (Lipinski definition) is 3. The number of carbonyl (C=O) groups is 2. The van der Waals surface area contributed by atoms with E-state index in [4.69, 9.17) is 0 Å². The van der Waals surface area contributed by atoms with Gasteiger partial charge in [0.2, 0.25) is 0 Å². The summed E-state index contributed by atoms with van der Waals surface area (Å²) in [5.74, 6) is -1.18. The fourth-order valence-corrected chi connectivity index (χ4v) is 3.45. The molecule has 148 valence electrons. The van der Waals surface area contributed by atoms with Crippen molar-refractivity contribution in [3.8, 4) is 0 Å². The van der Waals surface area contributed by atoms with E-state index in [1.54, 1.807) is 24.3 Å². The molecule has 1 heterocycles. The van der Waals surface area contributed by atoms with Crippen LogP contribution in [0.3, 0.4) is 0 Å². The summed E-state index contributed by atoms with van der Waals surface area (Å²) < 4.78 is 27.4. The number of hydrazine groups is 1. The quantitative estimate of drug-likeness (QED) is 0.558. The molecule has 0 saturated carbocycles. The second-order valence-corrected chi connectivity index (χ2v) is 7.80. The number of amides is 2. The van der Waals surface area contributed by atoms with Crippen LogP contribution in [0.15, 0.2) is 77.8 Å². The Bertz CT molecular complexity index is 1130. The predicted molar refractivity (Wildman–Crippen MR) is 108 cm³/mol. The lowest BCUT2D eigenvalue weighted by Crippen LogP contribution is -2.41. The van der Waals surface area contributed by atoms with Gasteiger partial charge in [-0.15, -0.1) is 0 Å². The third kappa shape index (κ3) is 5.17. The summed E-state index contributed by atoms with van der Waals surface area (Å²) in [6, 6.07) is 17.1. The van der Waals surface area contributed by atoms with Gasteiger partial charge in [-0.05, 0) is 49.4 Å². The van der Waals surface area contributed by atoms with Gasteiger partial charge < -0.3 is 0 Å². The molecule has 1 aromatic heterocycles. The Kier molecular flexibility index (Phi) is 5.89. The SMILES string of the molecule is Cc1ccc(S(=O)(=O)Nc2cccc(C(=O)NNC(=O)c3ccccn3)c2)cc1. The van der Waals surface area contributed by atoms with Crippen molar-refractivity contribution in [2.75, 3.05) is 4.72 Å². The number of pyridine rings is 1. The first-order valence-corrected chi connectivity index (χ1v) is 10.0. The second kappa shape index (κ2) is 8.53. The van der Waals surface area contributed by atoms with Crippen molar-refractivity contribution in [3.05, 3.63) is 89.7 Å². The maximum Gasteiger partial charge on any atom is 0.288 e. The molecule has 3 aromatic rings. The lowest BCUT2D eigenvalue weighted by atomic mass is 10.2. The zero-order valence-corrected chi connectivity index (χ0v) is 16.2. The van der Waals surface area contributed by atoms with E-state index in [0.29, 0.717) is 0 Å². The fraction of sp³-hybridized carbons (Fsp3) is 0.0500. The number of carbonyl (C=O) groups excluding carboxylic acids is 2. The average Bonchev–Trinajstić information content (AvgIpc) is 2.72. The van der Waals surface area contributed by atoms with Gasteiger partial charge in [0.15, 0.2) is 0 Å². The molecule has 9 heteroatoms. The van der Waals surface area contributed by atoms with Crippen LogP contribution in [0.25, 0.3) is 0 Å². The predicted octanol–water partition coefficient (Wildman–Crippen LogP) is 2.27. The van der Waals surface area contributed by atoms with Crippen molar-refractivity contribution in [1.82, 2.24) is 15.8 Å². The van der Waals surface area contributed by atoms with Gasteiger partial charge in [-0.1, -0.05) is 29.8 Å². The molecule has 0 atom stereocenters. The zero-order valence-electron chi connectivity index (χ0n) is 15.4. The van der Waals surface area contributed by atoms with Gasteiger partial charge >= 0.3 is 0 Å². The van der Waals surface area contributed by atoms with E-state index >= 15 is 0 Å².